The van der Waals surface area contributed by atoms with Gasteiger partial charge in [-0.15, -0.1) is 0 Å². The summed E-state index contributed by atoms with van der Waals surface area (Å²) in [5, 5.41) is 23.5. The number of aliphatic carboxylic acids is 2. The summed E-state index contributed by atoms with van der Waals surface area (Å²) < 4.78 is 0. The molecule has 0 saturated carbocycles. The third-order valence-corrected chi connectivity index (χ3v) is 7.09. The molecule has 5 amide bonds. The molecular formula is C30H29N5O8. The standard InChI is InChI=1S/C30H29N5O8/c1-30(21-12-14-31-15-13-21)28(42)34(29(43)35(30)17-19-8-4-2-5-9-19)18-23(36)32-22(16-24(37)38)26(39)33-25(27(40)41)20-10-6-3-7-11-20/h2-15,22,25H,16-18H2,1H3,(H,32,36)(H,33,39)(H,37,38)(H,40,41)/t22-,25-,30?/m0/s1. The molecule has 0 bridgehead atoms. The minimum atomic E-state index is -1.70. The summed E-state index contributed by atoms with van der Waals surface area (Å²) in [6, 6.07) is 15.9. The highest BCUT2D eigenvalue weighted by Crippen LogP contribution is 2.38. The molecule has 0 aliphatic carbocycles. The Morgan fingerprint density at radius 3 is 2.07 bits per heavy atom. The van der Waals surface area contributed by atoms with Crippen LogP contribution in [0.15, 0.2) is 85.2 Å². The summed E-state index contributed by atoms with van der Waals surface area (Å²) in [6.07, 6.45) is 2.07. The number of hydrogen-bond donors (Lipinski definition) is 4. The van der Waals surface area contributed by atoms with Crippen LogP contribution in [0.1, 0.15) is 36.1 Å². The van der Waals surface area contributed by atoms with Crippen molar-refractivity contribution in [1.29, 1.82) is 0 Å². The van der Waals surface area contributed by atoms with Crippen molar-refractivity contribution < 1.29 is 39.0 Å². The van der Waals surface area contributed by atoms with Crippen LogP contribution in [-0.2, 0) is 36.1 Å². The lowest BCUT2D eigenvalue weighted by atomic mass is 9.90. The van der Waals surface area contributed by atoms with Gasteiger partial charge in [0, 0.05) is 18.9 Å². The highest BCUT2D eigenvalue weighted by molar-refractivity contribution is 6.09. The van der Waals surface area contributed by atoms with Gasteiger partial charge in [-0.05, 0) is 35.7 Å². The average molecular weight is 588 g/mol. The van der Waals surface area contributed by atoms with E-state index in [4.69, 9.17) is 0 Å². The first-order valence-corrected chi connectivity index (χ1v) is 13.2. The number of aromatic nitrogens is 1. The van der Waals surface area contributed by atoms with Gasteiger partial charge in [-0.25, -0.2) is 9.59 Å². The van der Waals surface area contributed by atoms with Gasteiger partial charge < -0.3 is 25.7 Å². The van der Waals surface area contributed by atoms with Crippen LogP contribution in [0.25, 0.3) is 0 Å². The van der Waals surface area contributed by atoms with E-state index in [1.807, 2.05) is 0 Å². The van der Waals surface area contributed by atoms with Crippen molar-refractivity contribution in [3.63, 3.8) is 0 Å². The quantitative estimate of drug-likeness (QED) is 0.229. The second-order valence-corrected chi connectivity index (χ2v) is 9.96. The van der Waals surface area contributed by atoms with Gasteiger partial charge in [-0.3, -0.25) is 29.1 Å². The Balaban J connectivity index is 1.55. The zero-order chi connectivity index (χ0) is 31.1. The van der Waals surface area contributed by atoms with Gasteiger partial charge in [0.15, 0.2) is 6.04 Å². The SMILES string of the molecule is CC1(c2ccncc2)C(=O)N(CC(=O)N[C@@H](CC(=O)O)C(=O)N[C@H](C(=O)O)c2ccccc2)C(=O)N1Cc1ccccc1. The molecule has 43 heavy (non-hydrogen) atoms. The number of nitrogens with one attached hydrogen (secondary N) is 2. The predicted molar refractivity (Wildman–Crippen MR) is 150 cm³/mol. The lowest BCUT2D eigenvalue weighted by Gasteiger charge is -2.32. The third-order valence-electron chi connectivity index (χ3n) is 7.09. The minimum absolute atomic E-state index is 0.0441. The number of pyridine rings is 1. The van der Waals surface area contributed by atoms with Gasteiger partial charge in [-0.2, -0.15) is 0 Å². The molecule has 1 unspecified atom stereocenters. The molecule has 1 fully saturated rings. The predicted octanol–water partition coefficient (Wildman–Crippen LogP) is 1.66. The van der Waals surface area contributed by atoms with E-state index in [2.05, 4.69) is 15.6 Å². The van der Waals surface area contributed by atoms with Crippen LogP contribution >= 0.6 is 0 Å². The summed E-state index contributed by atoms with van der Waals surface area (Å²) in [6.45, 7) is 0.788. The molecular weight excluding hydrogens is 558 g/mol. The zero-order valence-corrected chi connectivity index (χ0v) is 23.0. The van der Waals surface area contributed by atoms with Gasteiger partial charge in [0.25, 0.3) is 5.91 Å². The minimum Gasteiger partial charge on any atom is -0.481 e. The molecule has 1 saturated heterocycles. The van der Waals surface area contributed by atoms with Crippen LogP contribution in [0.5, 0.6) is 0 Å². The van der Waals surface area contributed by atoms with Crippen molar-refractivity contribution in [3.05, 3.63) is 102 Å². The first-order valence-electron chi connectivity index (χ1n) is 13.2. The number of benzene rings is 2. The number of nitrogens with zero attached hydrogens (tertiary/aromatic N) is 3. The van der Waals surface area contributed by atoms with Crippen LogP contribution in [0.2, 0.25) is 0 Å². The average Bonchev–Trinajstić information content (AvgIpc) is 3.17. The van der Waals surface area contributed by atoms with Crippen molar-refractivity contribution in [1.82, 2.24) is 25.4 Å². The van der Waals surface area contributed by atoms with Crippen molar-refractivity contribution in [2.45, 2.75) is 37.5 Å². The number of amides is 5. The van der Waals surface area contributed by atoms with E-state index in [9.17, 15) is 39.0 Å². The molecule has 222 valence electrons. The maximum Gasteiger partial charge on any atom is 0.330 e. The molecule has 4 N–H and O–H groups in total. The fraction of sp³-hybridized carbons (Fsp3) is 0.233. The maximum atomic E-state index is 13.8. The van der Waals surface area contributed by atoms with Crippen molar-refractivity contribution in [2.24, 2.45) is 0 Å². The van der Waals surface area contributed by atoms with Crippen LogP contribution in [0, 0.1) is 0 Å². The van der Waals surface area contributed by atoms with Gasteiger partial charge in [-0.1, -0.05) is 60.7 Å². The molecule has 4 rings (SSSR count). The highest BCUT2D eigenvalue weighted by Gasteiger charge is 2.55. The molecule has 0 spiro atoms. The first-order chi connectivity index (χ1) is 20.5. The van der Waals surface area contributed by atoms with E-state index in [-0.39, 0.29) is 12.1 Å². The number of carbonyl (C=O) groups is 6. The van der Waals surface area contributed by atoms with E-state index >= 15 is 0 Å². The Hall–Kier alpha value is -5.59. The number of rotatable bonds is 12. The van der Waals surface area contributed by atoms with Gasteiger partial charge >= 0.3 is 18.0 Å². The zero-order valence-electron chi connectivity index (χ0n) is 23.0. The second kappa shape index (κ2) is 12.9. The Morgan fingerprint density at radius 1 is 0.884 bits per heavy atom. The summed E-state index contributed by atoms with van der Waals surface area (Å²) in [5.74, 6) is -5.61. The normalized spacial score (nSPS) is 17.7. The Morgan fingerprint density at radius 2 is 1.49 bits per heavy atom. The lowest BCUT2D eigenvalue weighted by molar-refractivity contribution is -0.144. The number of urea groups is 1. The van der Waals surface area contributed by atoms with Crippen molar-refractivity contribution in [2.75, 3.05) is 6.54 Å². The Bertz CT molecular complexity index is 1520. The molecule has 2 heterocycles. The number of carbonyl (C=O) groups excluding carboxylic acids is 4. The van der Waals surface area contributed by atoms with Crippen molar-refractivity contribution in [3.8, 4) is 0 Å². The second-order valence-electron chi connectivity index (χ2n) is 9.96. The smallest absolute Gasteiger partial charge is 0.330 e. The number of hydrogen-bond acceptors (Lipinski definition) is 7. The molecule has 1 aromatic heterocycles. The molecule has 13 heteroatoms. The van der Waals surface area contributed by atoms with Gasteiger partial charge in [0.1, 0.15) is 18.1 Å². The largest absolute Gasteiger partial charge is 0.481 e. The lowest BCUT2D eigenvalue weighted by Crippen LogP contribution is -2.52. The van der Waals surface area contributed by atoms with Gasteiger partial charge in [0.2, 0.25) is 11.8 Å². The van der Waals surface area contributed by atoms with Crippen molar-refractivity contribution >= 4 is 35.7 Å². The van der Waals surface area contributed by atoms with Crippen LogP contribution < -0.4 is 10.6 Å². The topological polar surface area (TPSA) is 186 Å². The number of carboxylic acid groups (broad SMARTS) is 2. The number of imide groups is 1. The highest BCUT2D eigenvalue weighted by atomic mass is 16.4. The van der Waals surface area contributed by atoms with E-state index in [0.29, 0.717) is 5.56 Å². The van der Waals surface area contributed by atoms with Crippen LogP contribution in [-0.4, -0.2) is 73.3 Å². The fourth-order valence-corrected chi connectivity index (χ4v) is 4.83. The van der Waals surface area contributed by atoms with E-state index in [1.54, 1.807) is 67.6 Å². The maximum absolute atomic E-state index is 13.8. The summed E-state index contributed by atoms with van der Waals surface area (Å²) >= 11 is 0. The molecule has 3 atom stereocenters. The molecule has 2 aromatic carbocycles. The third kappa shape index (κ3) is 6.67. The van der Waals surface area contributed by atoms with Crippen LogP contribution in [0.3, 0.4) is 0 Å². The molecule has 1 aliphatic heterocycles. The first kappa shape index (κ1) is 30.4. The van der Waals surface area contributed by atoms with E-state index < -0.39 is 66.3 Å². The summed E-state index contributed by atoms with van der Waals surface area (Å²) in [4.78, 5) is 82.9. The molecule has 3 aromatic rings. The molecule has 0 radical (unpaired) electrons. The summed E-state index contributed by atoms with van der Waals surface area (Å²) in [7, 11) is 0. The Kier molecular flexibility index (Phi) is 9.14. The number of carboxylic acids is 2. The van der Waals surface area contributed by atoms with Crippen LogP contribution in [0.4, 0.5) is 4.79 Å². The monoisotopic (exact) mass is 587 g/mol. The molecule has 13 nitrogen and oxygen atoms in total. The summed E-state index contributed by atoms with van der Waals surface area (Å²) in [5.41, 5.74) is -0.0764. The van der Waals surface area contributed by atoms with E-state index in [0.717, 1.165) is 10.5 Å². The van der Waals surface area contributed by atoms with Gasteiger partial charge in [0.05, 0.1) is 6.42 Å². The Labute approximate surface area is 246 Å². The fourth-order valence-electron chi connectivity index (χ4n) is 4.83. The molecule has 1 aliphatic rings. The van der Waals surface area contributed by atoms with E-state index in [1.165, 1.54) is 29.4 Å².